The Kier molecular flexibility index (Phi) is 6.71. The van der Waals surface area contributed by atoms with Gasteiger partial charge in [-0.15, -0.1) is 0 Å². The predicted molar refractivity (Wildman–Crippen MR) is 154 cm³/mol. The van der Waals surface area contributed by atoms with E-state index in [1.165, 1.54) is 5.69 Å². The molecule has 6 rings (SSSR count). The number of piperidine rings is 1. The Morgan fingerprint density at radius 1 is 1.02 bits per heavy atom. The number of likely N-dealkylation sites (N-methyl/N-ethyl adjacent to an activating group) is 1. The second-order valence-electron chi connectivity index (χ2n) is 11.0. The van der Waals surface area contributed by atoms with Gasteiger partial charge in [0.15, 0.2) is 0 Å². The number of imide groups is 1. The maximum atomic E-state index is 13.5. The number of piperazine rings is 1. The molecule has 10 nitrogen and oxygen atoms in total. The molecule has 206 valence electrons. The summed E-state index contributed by atoms with van der Waals surface area (Å²) >= 11 is 0. The lowest BCUT2D eigenvalue weighted by molar-refractivity contribution is -0.134. The van der Waals surface area contributed by atoms with E-state index in [-0.39, 0.29) is 30.7 Å². The first-order valence-corrected chi connectivity index (χ1v) is 13.8. The lowest BCUT2D eigenvalue weighted by Crippen LogP contribution is -2.52. The van der Waals surface area contributed by atoms with E-state index in [0.29, 0.717) is 10.9 Å². The highest BCUT2D eigenvalue weighted by Gasteiger charge is 2.29. The fourth-order valence-corrected chi connectivity index (χ4v) is 5.61. The monoisotopic (exact) mass is 539 g/mol. The number of hydrogen-bond acceptors (Lipinski definition) is 7. The number of carbonyl (C=O) groups excluding carboxylic acids is 3. The molecule has 2 aliphatic heterocycles. The molecule has 1 atom stereocenters. The Morgan fingerprint density at radius 2 is 1.82 bits per heavy atom. The standard InChI is InChI=1S/C30H33N7O3/c1-18(2)37-27-16-20(14-22(23(27)17-32-37)29(39)33-24-6-7-28(38)34-30(24)40)19-4-5-21-25(15-19)31-9-8-26(21)36-12-10-35(3)11-13-36/h4-5,8-9,14-18,24H,6-7,10-13H2,1-3H3,(H,33,39)(H,34,38,40). The SMILES string of the molecule is CC(C)n1ncc2c(C(=O)NC3CCC(=O)NC3=O)cc(-c3ccc4c(N5CCN(C)CC5)ccnc4c3)cc21. The van der Waals surface area contributed by atoms with Crippen LogP contribution in [0.15, 0.2) is 48.8 Å². The topological polar surface area (TPSA) is 112 Å². The Bertz CT molecular complexity index is 1640. The van der Waals surface area contributed by atoms with Crippen molar-refractivity contribution in [3.8, 4) is 11.1 Å². The third-order valence-corrected chi connectivity index (χ3v) is 7.89. The van der Waals surface area contributed by atoms with E-state index >= 15 is 0 Å². The van der Waals surface area contributed by atoms with Gasteiger partial charge in [0, 0.05) is 61.3 Å². The molecule has 0 radical (unpaired) electrons. The van der Waals surface area contributed by atoms with Crippen LogP contribution in [0.2, 0.25) is 0 Å². The van der Waals surface area contributed by atoms with Crippen molar-refractivity contribution in [1.29, 1.82) is 0 Å². The molecule has 2 fully saturated rings. The molecule has 0 saturated carbocycles. The zero-order valence-electron chi connectivity index (χ0n) is 23.0. The summed E-state index contributed by atoms with van der Waals surface area (Å²) in [5.41, 5.74) is 5.13. The molecule has 3 amide bonds. The Balaban J connectivity index is 1.40. The van der Waals surface area contributed by atoms with Crippen molar-refractivity contribution in [1.82, 2.24) is 30.3 Å². The molecule has 2 aromatic heterocycles. The number of amides is 3. The maximum Gasteiger partial charge on any atom is 0.252 e. The summed E-state index contributed by atoms with van der Waals surface area (Å²) < 4.78 is 1.90. The molecule has 40 heavy (non-hydrogen) atoms. The van der Waals surface area contributed by atoms with Crippen molar-refractivity contribution in [3.05, 3.63) is 54.4 Å². The van der Waals surface area contributed by atoms with Crippen LogP contribution in [0.1, 0.15) is 43.1 Å². The van der Waals surface area contributed by atoms with E-state index in [2.05, 4.69) is 67.9 Å². The normalized spacial score (nSPS) is 18.5. The molecule has 0 spiro atoms. The molecule has 4 heterocycles. The van der Waals surface area contributed by atoms with Gasteiger partial charge in [0.2, 0.25) is 11.8 Å². The third kappa shape index (κ3) is 4.79. The van der Waals surface area contributed by atoms with Crippen LogP contribution in [-0.2, 0) is 9.59 Å². The molecule has 1 unspecified atom stereocenters. The summed E-state index contributed by atoms with van der Waals surface area (Å²) in [7, 11) is 2.15. The molecule has 0 bridgehead atoms. The minimum absolute atomic E-state index is 0.0863. The summed E-state index contributed by atoms with van der Waals surface area (Å²) in [4.78, 5) is 46.9. The molecular formula is C30H33N7O3. The number of nitrogens with one attached hydrogen (secondary N) is 2. The van der Waals surface area contributed by atoms with E-state index < -0.39 is 11.9 Å². The van der Waals surface area contributed by atoms with Gasteiger partial charge >= 0.3 is 0 Å². The number of benzene rings is 2. The van der Waals surface area contributed by atoms with Crippen LogP contribution in [0.4, 0.5) is 5.69 Å². The Labute approximate surface area is 232 Å². The van der Waals surface area contributed by atoms with Crippen LogP contribution in [0.25, 0.3) is 32.9 Å². The third-order valence-electron chi connectivity index (χ3n) is 7.89. The summed E-state index contributed by atoms with van der Waals surface area (Å²) in [6, 6.07) is 11.6. The highest BCUT2D eigenvalue weighted by Crippen LogP contribution is 2.33. The van der Waals surface area contributed by atoms with Gasteiger partial charge < -0.3 is 15.1 Å². The maximum absolute atomic E-state index is 13.5. The molecule has 2 aromatic carbocycles. The van der Waals surface area contributed by atoms with Crippen LogP contribution in [0.5, 0.6) is 0 Å². The summed E-state index contributed by atoms with van der Waals surface area (Å²) in [6.07, 6.45) is 4.02. The summed E-state index contributed by atoms with van der Waals surface area (Å²) in [5, 5.41) is 11.5. The predicted octanol–water partition coefficient (Wildman–Crippen LogP) is 3.12. The van der Waals surface area contributed by atoms with Crippen molar-refractivity contribution in [3.63, 3.8) is 0 Å². The molecular weight excluding hydrogens is 506 g/mol. The second kappa shape index (κ2) is 10.3. The average Bonchev–Trinajstić information content (AvgIpc) is 3.38. The fraction of sp³-hybridized carbons (Fsp3) is 0.367. The summed E-state index contributed by atoms with van der Waals surface area (Å²) in [5.74, 6) is -1.17. The average molecular weight is 540 g/mol. The van der Waals surface area contributed by atoms with Crippen molar-refractivity contribution < 1.29 is 14.4 Å². The molecule has 10 heteroatoms. The lowest BCUT2D eigenvalue weighted by atomic mass is 9.97. The summed E-state index contributed by atoms with van der Waals surface area (Å²) in [6.45, 7) is 8.08. The number of hydrogen-bond donors (Lipinski definition) is 2. The first-order valence-electron chi connectivity index (χ1n) is 13.8. The van der Waals surface area contributed by atoms with E-state index in [9.17, 15) is 14.4 Å². The van der Waals surface area contributed by atoms with Crippen molar-refractivity contribution in [2.24, 2.45) is 0 Å². The van der Waals surface area contributed by atoms with Crippen LogP contribution < -0.4 is 15.5 Å². The number of nitrogens with zero attached hydrogens (tertiary/aromatic N) is 5. The van der Waals surface area contributed by atoms with Crippen molar-refractivity contribution in [2.45, 2.75) is 38.8 Å². The van der Waals surface area contributed by atoms with Gasteiger partial charge in [-0.3, -0.25) is 29.4 Å². The van der Waals surface area contributed by atoms with E-state index in [4.69, 9.17) is 0 Å². The van der Waals surface area contributed by atoms with Crippen molar-refractivity contribution >= 4 is 45.2 Å². The Hall–Kier alpha value is -4.31. The van der Waals surface area contributed by atoms with Gasteiger partial charge in [-0.1, -0.05) is 12.1 Å². The van der Waals surface area contributed by atoms with Crippen LogP contribution in [0, 0.1) is 0 Å². The van der Waals surface area contributed by atoms with E-state index in [1.54, 1.807) is 6.20 Å². The van der Waals surface area contributed by atoms with Crippen LogP contribution in [0.3, 0.4) is 0 Å². The van der Waals surface area contributed by atoms with Crippen LogP contribution in [-0.4, -0.2) is 76.7 Å². The minimum Gasteiger partial charge on any atom is -0.368 e. The molecule has 2 saturated heterocycles. The minimum atomic E-state index is -0.762. The first kappa shape index (κ1) is 25.9. The second-order valence-corrected chi connectivity index (χ2v) is 11.0. The number of rotatable bonds is 5. The number of carbonyl (C=O) groups is 3. The Morgan fingerprint density at radius 3 is 2.58 bits per heavy atom. The number of pyridine rings is 1. The van der Waals surface area contributed by atoms with Crippen LogP contribution >= 0.6 is 0 Å². The molecule has 2 N–H and O–H groups in total. The molecule has 2 aliphatic rings. The zero-order chi connectivity index (χ0) is 28.0. The molecule has 4 aromatic rings. The number of fused-ring (bicyclic) bond motifs is 2. The van der Waals surface area contributed by atoms with Gasteiger partial charge in [-0.25, -0.2) is 0 Å². The lowest BCUT2D eigenvalue weighted by Gasteiger charge is -2.34. The highest BCUT2D eigenvalue weighted by molar-refractivity contribution is 6.10. The first-order chi connectivity index (χ1) is 19.3. The highest BCUT2D eigenvalue weighted by atomic mass is 16.2. The van der Waals surface area contributed by atoms with Gasteiger partial charge in [0.25, 0.3) is 5.91 Å². The molecule has 0 aliphatic carbocycles. The smallest absolute Gasteiger partial charge is 0.252 e. The largest absolute Gasteiger partial charge is 0.368 e. The van der Waals surface area contributed by atoms with Crippen molar-refractivity contribution in [2.75, 3.05) is 38.1 Å². The van der Waals surface area contributed by atoms with Gasteiger partial charge in [-0.05, 0) is 62.7 Å². The van der Waals surface area contributed by atoms with Gasteiger partial charge in [-0.2, -0.15) is 5.10 Å². The van der Waals surface area contributed by atoms with Gasteiger partial charge in [0.1, 0.15) is 6.04 Å². The number of anilines is 1. The quantitative estimate of drug-likeness (QED) is 0.375. The van der Waals surface area contributed by atoms with E-state index in [0.717, 1.165) is 53.7 Å². The number of aromatic nitrogens is 3. The fourth-order valence-electron chi connectivity index (χ4n) is 5.61. The van der Waals surface area contributed by atoms with Gasteiger partial charge in [0.05, 0.1) is 22.8 Å². The van der Waals surface area contributed by atoms with E-state index in [1.807, 2.05) is 30.8 Å². The zero-order valence-corrected chi connectivity index (χ0v) is 23.0.